The smallest absolute Gasteiger partial charge is 0.391 e. The second-order valence-corrected chi connectivity index (χ2v) is 11.9. The van der Waals surface area contributed by atoms with Crippen molar-refractivity contribution in [2.45, 2.75) is 72.2 Å². The molecule has 0 radical (unpaired) electrons. The van der Waals surface area contributed by atoms with Crippen molar-refractivity contribution in [3.63, 3.8) is 0 Å². The Balaban J connectivity index is 1.43. The number of rotatable bonds is 11. The molecule has 0 unspecified atom stereocenters. The summed E-state index contributed by atoms with van der Waals surface area (Å²) in [7, 11) is 0. The third kappa shape index (κ3) is 7.07. The summed E-state index contributed by atoms with van der Waals surface area (Å²) >= 11 is 0. The van der Waals surface area contributed by atoms with Gasteiger partial charge in [-0.15, -0.1) is 0 Å². The van der Waals surface area contributed by atoms with Gasteiger partial charge in [-0.1, -0.05) is 26.0 Å². The number of carboxylic acid groups (broad SMARTS) is 1. The molecule has 3 heterocycles. The van der Waals surface area contributed by atoms with E-state index in [9.17, 15) is 27.5 Å². The van der Waals surface area contributed by atoms with E-state index in [1.807, 2.05) is 53.6 Å². The maximum Gasteiger partial charge on any atom is 0.391 e. The molecule has 1 saturated heterocycles. The average Bonchev–Trinajstić information content (AvgIpc) is 3.35. The number of benzene rings is 2. The van der Waals surface area contributed by atoms with Gasteiger partial charge in [0, 0.05) is 44.0 Å². The number of pyridine rings is 1. The van der Waals surface area contributed by atoms with Crippen molar-refractivity contribution in [1.29, 1.82) is 0 Å². The standard InChI is InChI=1S/C34H38F4N4O3/c1-4-33(5-2,32(43)44)18-31-40-28-11-10-26(45-21-29-27(35)16-22(3)19-39-29)17-30(28)42(31)20-23-6-8-25(9-7-23)41-14-12-24(13-15-41)34(36,37)38/h6-11,16-17,19,24H,4-5,12-15,18,20-21H2,1-3H3,(H,43,44). The van der Waals surface area contributed by atoms with Crippen molar-refractivity contribution in [2.24, 2.45) is 11.3 Å². The SMILES string of the molecule is CCC(CC)(Cc1nc2ccc(OCc3ncc(C)cc3F)cc2n1Cc1ccc(N2CCC(C(F)(F)F)CC2)cc1)C(=O)O. The number of alkyl halides is 3. The van der Waals surface area contributed by atoms with Crippen molar-refractivity contribution < 1.29 is 32.2 Å². The minimum absolute atomic E-state index is 0.0614. The van der Waals surface area contributed by atoms with Gasteiger partial charge in [0.1, 0.15) is 29.7 Å². The lowest BCUT2D eigenvalue weighted by Gasteiger charge is -2.34. The highest BCUT2D eigenvalue weighted by Crippen LogP contribution is 2.36. The molecule has 0 amide bonds. The Morgan fingerprint density at radius 2 is 1.73 bits per heavy atom. The minimum Gasteiger partial charge on any atom is -0.487 e. The number of hydrogen-bond acceptors (Lipinski definition) is 5. The van der Waals surface area contributed by atoms with E-state index in [1.165, 1.54) is 6.07 Å². The van der Waals surface area contributed by atoms with Crippen molar-refractivity contribution in [1.82, 2.24) is 14.5 Å². The van der Waals surface area contributed by atoms with Gasteiger partial charge in [0.15, 0.2) is 0 Å². The van der Waals surface area contributed by atoms with Gasteiger partial charge >= 0.3 is 12.1 Å². The van der Waals surface area contributed by atoms with Gasteiger partial charge in [-0.25, -0.2) is 9.37 Å². The second kappa shape index (κ2) is 13.1. The second-order valence-electron chi connectivity index (χ2n) is 11.9. The van der Waals surface area contributed by atoms with Gasteiger partial charge < -0.3 is 19.3 Å². The Kier molecular flexibility index (Phi) is 9.36. The van der Waals surface area contributed by atoms with E-state index < -0.39 is 29.3 Å². The van der Waals surface area contributed by atoms with Crippen LogP contribution in [0.25, 0.3) is 11.0 Å². The topological polar surface area (TPSA) is 80.5 Å². The molecule has 45 heavy (non-hydrogen) atoms. The summed E-state index contributed by atoms with van der Waals surface area (Å²) in [5, 5.41) is 10.2. The number of carboxylic acids is 1. The third-order valence-corrected chi connectivity index (χ3v) is 9.13. The number of nitrogens with zero attached hydrogens (tertiary/aromatic N) is 4. The predicted octanol–water partition coefficient (Wildman–Crippen LogP) is 7.72. The first-order valence-electron chi connectivity index (χ1n) is 15.3. The lowest BCUT2D eigenvalue weighted by atomic mass is 9.79. The van der Waals surface area contributed by atoms with E-state index in [0.717, 1.165) is 16.8 Å². The van der Waals surface area contributed by atoms with Crippen molar-refractivity contribution in [3.05, 3.63) is 83.2 Å². The van der Waals surface area contributed by atoms with Gasteiger partial charge in [-0.3, -0.25) is 9.78 Å². The molecule has 2 aromatic heterocycles. The molecule has 4 aromatic rings. The summed E-state index contributed by atoms with van der Waals surface area (Å²) < 4.78 is 61.7. The Morgan fingerprint density at radius 1 is 1.04 bits per heavy atom. The first kappa shape index (κ1) is 32.2. The molecule has 2 aromatic carbocycles. The van der Waals surface area contributed by atoms with Gasteiger partial charge in [-0.05, 0) is 74.1 Å². The van der Waals surface area contributed by atoms with E-state index in [1.54, 1.807) is 25.3 Å². The zero-order valence-corrected chi connectivity index (χ0v) is 25.7. The molecule has 5 rings (SSSR count). The number of aryl methyl sites for hydroxylation is 1. The minimum atomic E-state index is -4.16. The van der Waals surface area contributed by atoms with Gasteiger partial charge in [0.05, 0.1) is 22.4 Å². The molecule has 1 aliphatic heterocycles. The summed E-state index contributed by atoms with van der Waals surface area (Å²) in [6.07, 6.45) is -1.33. The maximum absolute atomic E-state index is 14.4. The molecular formula is C34H38F4N4O3. The zero-order chi connectivity index (χ0) is 32.4. The Labute approximate surface area is 259 Å². The van der Waals surface area contributed by atoms with Gasteiger partial charge in [0.2, 0.25) is 0 Å². The van der Waals surface area contributed by atoms with Crippen LogP contribution in [0.2, 0.25) is 0 Å². The number of halogens is 4. The Hall–Kier alpha value is -4.15. The average molecular weight is 627 g/mol. The van der Waals surface area contributed by atoms with E-state index >= 15 is 0 Å². The number of hydrogen-bond donors (Lipinski definition) is 1. The van der Waals surface area contributed by atoms with E-state index in [4.69, 9.17) is 9.72 Å². The number of carbonyl (C=O) groups is 1. The maximum atomic E-state index is 14.4. The zero-order valence-electron chi connectivity index (χ0n) is 25.7. The summed E-state index contributed by atoms with van der Waals surface area (Å²) in [6.45, 7) is 6.51. The highest BCUT2D eigenvalue weighted by atomic mass is 19.4. The lowest BCUT2D eigenvalue weighted by molar-refractivity contribution is -0.179. The van der Waals surface area contributed by atoms with Crippen LogP contribution >= 0.6 is 0 Å². The van der Waals surface area contributed by atoms with Crippen molar-refractivity contribution in [3.8, 4) is 5.75 Å². The molecule has 0 aliphatic carbocycles. The monoisotopic (exact) mass is 626 g/mol. The van der Waals surface area contributed by atoms with Gasteiger partial charge in [-0.2, -0.15) is 13.2 Å². The fourth-order valence-electron chi connectivity index (χ4n) is 6.01. The summed E-state index contributed by atoms with van der Waals surface area (Å²) in [5.74, 6) is -1.46. The predicted molar refractivity (Wildman–Crippen MR) is 164 cm³/mol. The van der Waals surface area contributed by atoms with Crippen molar-refractivity contribution in [2.75, 3.05) is 18.0 Å². The highest BCUT2D eigenvalue weighted by molar-refractivity contribution is 5.79. The van der Waals surface area contributed by atoms with Crippen LogP contribution in [0.4, 0.5) is 23.2 Å². The van der Waals surface area contributed by atoms with Crippen LogP contribution in [0.15, 0.2) is 54.7 Å². The highest BCUT2D eigenvalue weighted by Gasteiger charge is 2.41. The summed E-state index contributed by atoms with van der Waals surface area (Å²) in [6, 6.07) is 14.5. The van der Waals surface area contributed by atoms with Crippen LogP contribution in [-0.4, -0.2) is 44.9 Å². The van der Waals surface area contributed by atoms with Crippen LogP contribution < -0.4 is 9.64 Å². The fraction of sp³-hybridized carbons (Fsp3) is 0.441. The largest absolute Gasteiger partial charge is 0.487 e. The van der Waals surface area contributed by atoms with Crippen LogP contribution in [0, 0.1) is 24.1 Å². The molecule has 11 heteroatoms. The Bertz CT molecular complexity index is 1640. The number of aliphatic carboxylic acids is 1. The fourth-order valence-corrected chi connectivity index (χ4v) is 6.01. The molecule has 0 bridgehead atoms. The number of fused-ring (bicyclic) bond motifs is 1. The number of anilines is 1. The number of piperidine rings is 1. The molecule has 240 valence electrons. The van der Waals surface area contributed by atoms with E-state index in [0.29, 0.717) is 55.1 Å². The van der Waals surface area contributed by atoms with E-state index in [2.05, 4.69) is 4.98 Å². The van der Waals surface area contributed by atoms with Crippen LogP contribution in [0.5, 0.6) is 5.75 Å². The summed E-state index contributed by atoms with van der Waals surface area (Å²) in [5.41, 5.74) is 3.12. The normalized spacial score (nSPS) is 14.7. The number of imidazole rings is 1. The molecule has 1 fully saturated rings. The molecule has 0 saturated carbocycles. The quantitative estimate of drug-likeness (QED) is 0.172. The van der Waals surface area contributed by atoms with E-state index in [-0.39, 0.29) is 31.6 Å². The number of aromatic nitrogens is 3. The third-order valence-electron chi connectivity index (χ3n) is 9.13. The van der Waals surface area contributed by atoms with Crippen LogP contribution in [0.1, 0.15) is 62.2 Å². The summed E-state index contributed by atoms with van der Waals surface area (Å²) in [4.78, 5) is 23.4. The molecule has 1 aliphatic rings. The lowest BCUT2D eigenvalue weighted by Crippen LogP contribution is -2.38. The van der Waals surface area contributed by atoms with Crippen LogP contribution in [-0.2, 0) is 24.4 Å². The van der Waals surface area contributed by atoms with Crippen molar-refractivity contribution >= 4 is 22.7 Å². The molecule has 1 N–H and O–H groups in total. The first-order valence-corrected chi connectivity index (χ1v) is 15.3. The molecule has 0 atom stereocenters. The van der Waals surface area contributed by atoms with Crippen LogP contribution in [0.3, 0.4) is 0 Å². The van der Waals surface area contributed by atoms with Gasteiger partial charge in [0.25, 0.3) is 0 Å². The molecule has 7 nitrogen and oxygen atoms in total. The molecule has 0 spiro atoms. The first-order chi connectivity index (χ1) is 21.4. The number of ether oxygens (including phenoxy) is 1. The Morgan fingerprint density at radius 3 is 2.33 bits per heavy atom. The molecular weight excluding hydrogens is 588 g/mol.